The molecule has 0 saturated heterocycles. The molecule has 8 bridgehead atoms. The molecule has 12 aromatic carbocycles. The molecule has 15 aromatic rings. The largest absolute Gasteiger partial charge is 0.383 e. The van der Waals surface area contributed by atoms with Crippen molar-refractivity contribution in [1.82, 2.24) is 39.9 Å². The third kappa shape index (κ3) is 17.7. The topological polar surface area (TPSA) is 181 Å². The molecule has 0 spiro atoms. The van der Waals surface area contributed by atoms with Crippen LogP contribution in [0.1, 0.15) is 68.5 Å². The molecule has 3 aromatic heterocycles. The van der Waals surface area contributed by atoms with Crippen molar-refractivity contribution in [1.29, 1.82) is 0 Å². The van der Waals surface area contributed by atoms with E-state index in [1.54, 1.807) is 0 Å². The first-order valence-electron chi connectivity index (χ1n) is 40.6. The summed E-state index contributed by atoms with van der Waals surface area (Å²) in [5, 5.41) is 26.8. The van der Waals surface area contributed by atoms with Gasteiger partial charge in [-0.25, -0.2) is 29.9 Å². The fourth-order valence-corrected chi connectivity index (χ4v) is 19.0. The minimum Gasteiger partial charge on any atom is -0.383 e. The zero-order valence-electron chi connectivity index (χ0n) is 65.5. The highest BCUT2D eigenvalue weighted by atomic mass is 35.5. The van der Waals surface area contributed by atoms with Crippen LogP contribution < -0.4 is 31.9 Å². The van der Waals surface area contributed by atoms with Crippen LogP contribution in [-0.4, -0.2) is 79.1 Å². The van der Waals surface area contributed by atoms with Gasteiger partial charge >= 0.3 is 0 Å². The van der Waals surface area contributed by atoms with Gasteiger partial charge in [-0.05, 0) is 133 Å². The summed E-state index contributed by atoms with van der Waals surface area (Å²) in [4.78, 5) is 41.1. The Hall–Kier alpha value is -10.9. The van der Waals surface area contributed by atoms with E-state index in [2.05, 4.69) is 163 Å². The maximum atomic E-state index is 8.26. The first-order chi connectivity index (χ1) is 58.9. The number of fused-ring (bicyclic) bond motifs is 20. The molecule has 8 N–H and O–H groups in total. The van der Waals surface area contributed by atoms with Crippen LogP contribution >= 0.6 is 92.8 Å². The molecule has 0 atom stereocenters. The van der Waals surface area contributed by atoms with Crippen molar-refractivity contribution in [3.05, 3.63) is 338 Å². The van der Waals surface area contributed by atoms with E-state index in [-0.39, 0.29) is 66.0 Å². The molecule has 17 rings (SSSR count). The lowest BCUT2D eigenvalue weighted by molar-refractivity contribution is 0.820. The predicted octanol–water partition coefficient (Wildman–Crippen LogP) is 26.4. The maximum absolute atomic E-state index is 8.26. The monoisotopic (exact) mass is 1740 g/mol. The molecule has 0 radical (unpaired) electrons. The van der Waals surface area contributed by atoms with Gasteiger partial charge in [0.05, 0.1) is 113 Å². The van der Waals surface area contributed by atoms with Gasteiger partial charge in [0, 0.05) is 44.7 Å². The third-order valence-corrected chi connectivity index (χ3v) is 25.2. The Morgan fingerprint density at radius 3 is 0.675 bits per heavy atom. The summed E-state index contributed by atoms with van der Waals surface area (Å²) in [6, 6.07) is 82.6. The summed E-state index contributed by atoms with van der Waals surface area (Å²) < 4.78 is 0. The van der Waals surface area contributed by atoms with Crippen LogP contribution in [0, 0.1) is 0 Å². The zero-order valence-corrected chi connectivity index (χ0v) is 71.6. The normalized spacial score (nSPS) is 11.6. The van der Waals surface area contributed by atoms with Gasteiger partial charge in [-0.2, -0.15) is 0 Å². The second-order valence-electron chi connectivity index (χ2n) is 30.0. The van der Waals surface area contributed by atoms with Gasteiger partial charge in [0.15, 0.2) is 23.3 Å². The first-order valence-corrected chi connectivity index (χ1v) is 43.7. The molecule has 0 saturated carbocycles. The third-order valence-electron chi connectivity index (χ3n) is 22.1. The Kier molecular flexibility index (Phi) is 25.7. The van der Waals surface area contributed by atoms with Crippen molar-refractivity contribution in [2.45, 2.75) is 77.0 Å². The molecule has 120 heavy (non-hydrogen) atoms. The lowest BCUT2D eigenvalue weighted by Gasteiger charge is -2.20. The minimum absolute atomic E-state index is 0.132. The van der Waals surface area contributed by atoms with E-state index < -0.39 is 0 Å². The molecule has 5 heterocycles. The number of aromatic nitrogens is 8. The highest BCUT2D eigenvalue weighted by Gasteiger charge is 2.36. The number of nitrogens with one attached hydrogen (secondary N) is 8. The molecule has 0 amide bonds. The van der Waals surface area contributed by atoms with E-state index in [0.29, 0.717) is 195 Å². The summed E-state index contributed by atoms with van der Waals surface area (Å²) in [6.45, 7) is 2.90. The molecule has 0 fully saturated rings. The fraction of sp³-hybridized carbons (Fsp3) is 0.184. The molecule has 0 aliphatic carbocycles. The number of rotatable bonds is 32. The summed E-state index contributed by atoms with van der Waals surface area (Å²) >= 11 is 65.8. The SMILES string of the molecule is Clc1c(CCCc2ccccc2)c(NCCc2ccccc2)c(Cl)c2c1-c1nc-2nc2[nH]c(nc3nc(nc4[nH]c(n1)c1c(Cl)c(NCCc5ccccc5)c(NCCc5ccccc5)c(Cl)c41)-c1c(Cl)c(NCCc4ccccc4)c(NCCc4ccccc4)c(Cl)c1-3)c1c(Cl)c(CCCc3ccccc3)c(NCCc3ccccc3)c(Cl)c21. The number of benzene rings is 12. The molecule has 602 valence electrons. The van der Waals surface area contributed by atoms with E-state index in [1.165, 1.54) is 11.1 Å². The van der Waals surface area contributed by atoms with Crippen LogP contribution in [0.2, 0.25) is 40.2 Å². The molecular weight excluding hydrogens is 1660 g/mol. The average molecular weight is 1740 g/mol. The minimum atomic E-state index is 0.132. The van der Waals surface area contributed by atoms with E-state index in [0.717, 1.165) is 63.8 Å². The summed E-state index contributed by atoms with van der Waals surface area (Å²) in [7, 11) is 0. The lowest BCUT2D eigenvalue weighted by Crippen LogP contribution is -2.12. The molecule has 0 unspecified atom stereocenters. The van der Waals surface area contributed by atoms with Crippen molar-refractivity contribution < 1.29 is 0 Å². The lowest BCUT2D eigenvalue weighted by atomic mass is 9.96. The number of hydrogen-bond donors (Lipinski definition) is 8. The fourth-order valence-electron chi connectivity index (χ4n) is 16.2. The number of anilines is 6. The van der Waals surface area contributed by atoms with Crippen LogP contribution in [0.5, 0.6) is 0 Å². The van der Waals surface area contributed by atoms with Crippen LogP contribution in [-0.2, 0) is 64.2 Å². The van der Waals surface area contributed by atoms with Crippen LogP contribution in [0.3, 0.4) is 0 Å². The van der Waals surface area contributed by atoms with Crippen LogP contribution in [0.15, 0.2) is 243 Å². The van der Waals surface area contributed by atoms with E-state index >= 15 is 0 Å². The second kappa shape index (κ2) is 37.8. The van der Waals surface area contributed by atoms with Crippen LogP contribution in [0.4, 0.5) is 34.1 Å². The summed E-state index contributed by atoms with van der Waals surface area (Å²) in [5.41, 5.74) is 16.7. The molecular formula is C98H84Cl8N14. The van der Waals surface area contributed by atoms with Gasteiger partial charge in [0.1, 0.15) is 22.6 Å². The maximum Gasteiger partial charge on any atom is 0.166 e. The first kappa shape index (κ1) is 81.5. The number of nitrogens with zero attached hydrogens (tertiary/aromatic N) is 6. The van der Waals surface area contributed by atoms with E-state index in [1.807, 2.05) is 121 Å². The standard InChI is InChI=1S/C98H84Cl8N14/c99-77-67(45-25-43-59-27-9-1-10-28-59)85(107-53-47-61-31-13-3-14-32-61)79(101)71-69(77)91-113-93(71)117-94-72-70(78(100)68(46-26-44-60-29-11-2-12-30-60)86(80(72)102)108-54-48-62-33-15-4-16-34-62)92(114-94)116-96-74-76(84(106)90(112-58-52-66-41-23-8-24-42-66)88(82(74)104)110-56-50-64-37-19-6-20-38-64)98(119-96)120-97-75-73(95(115-91)118-97)81(103)87(109-55-49-63-35-17-5-18-36-63)89(83(75)105)111-57-51-65-39-21-7-22-40-65/h1-24,27-42,107-112H,25-26,43-58H2,(H2,113,114,115,116,117,118,119,120). The van der Waals surface area contributed by atoms with Gasteiger partial charge in [0.25, 0.3) is 0 Å². The average Bonchev–Trinajstić information content (AvgIpc) is 1.56. The number of aryl methyl sites for hydroxylation is 2. The van der Waals surface area contributed by atoms with Crippen LogP contribution in [0.25, 0.3) is 89.7 Å². The van der Waals surface area contributed by atoms with Crippen molar-refractivity contribution in [3.63, 3.8) is 0 Å². The second-order valence-corrected chi connectivity index (χ2v) is 33.0. The smallest absolute Gasteiger partial charge is 0.166 e. The molecule has 2 aliphatic heterocycles. The van der Waals surface area contributed by atoms with Crippen molar-refractivity contribution >= 4 is 171 Å². The van der Waals surface area contributed by atoms with Crippen molar-refractivity contribution in [3.8, 4) is 45.6 Å². The Labute approximate surface area is 737 Å². The molecule has 2 aliphatic rings. The highest BCUT2D eigenvalue weighted by molar-refractivity contribution is 6.49. The molecule has 14 nitrogen and oxygen atoms in total. The Morgan fingerprint density at radius 1 is 0.200 bits per heavy atom. The number of halogens is 8. The van der Waals surface area contributed by atoms with Gasteiger partial charge in [-0.3, -0.25) is 0 Å². The van der Waals surface area contributed by atoms with E-state index in [9.17, 15) is 0 Å². The van der Waals surface area contributed by atoms with Gasteiger partial charge in [0.2, 0.25) is 0 Å². The van der Waals surface area contributed by atoms with E-state index in [4.69, 9.17) is 123 Å². The summed E-state index contributed by atoms with van der Waals surface area (Å²) in [6.07, 6.45) is 7.97. The van der Waals surface area contributed by atoms with Gasteiger partial charge < -0.3 is 41.9 Å². The number of aromatic amines is 2. The quantitative estimate of drug-likeness (QED) is 0.0200. The predicted molar refractivity (Wildman–Crippen MR) is 505 cm³/mol. The summed E-state index contributed by atoms with van der Waals surface area (Å²) in [5.74, 6) is 0.589. The Morgan fingerprint density at radius 2 is 0.400 bits per heavy atom. The zero-order chi connectivity index (χ0) is 82.0. The Bertz CT molecular complexity index is 5630. The number of hydrogen-bond acceptors (Lipinski definition) is 12. The van der Waals surface area contributed by atoms with Crippen molar-refractivity contribution in [2.75, 3.05) is 71.2 Å². The van der Waals surface area contributed by atoms with Crippen molar-refractivity contribution in [2.24, 2.45) is 0 Å². The highest BCUT2D eigenvalue weighted by Crippen LogP contribution is 2.56. The van der Waals surface area contributed by atoms with Gasteiger partial charge in [-0.15, -0.1) is 0 Å². The molecule has 22 heteroatoms. The number of H-pyrrole nitrogens is 2. The van der Waals surface area contributed by atoms with Gasteiger partial charge in [-0.1, -0.05) is 335 Å². The Balaban J connectivity index is 0.969.